The first-order valence-corrected chi connectivity index (χ1v) is 9.12. The largest absolute Gasteiger partial charge is 0.393 e. The molecule has 136 valence electrons. The van der Waals surface area contributed by atoms with Gasteiger partial charge in [-0.2, -0.15) is 0 Å². The van der Waals surface area contributed by atoms with Crippen molar-refractivity contribution in [1.29, 1.82) is 0 Å². The molecule has 8 nitrogen and oxygen atoms in total. The fourth-order valence-electron chi connectivity index (χ4n) is 3.62. The van der Waals surface area contributed by atoms with Crippen LogP contribution in [0.1, 0.15) is 25.7 Å². The van der Waals surface area contributed by atoms with Gasteiger partial charge < -0.3 is 10.4 Å². The lowest BCUT2D eigenvalue weighted by Crippen LogP contribution is -2.29. The van der Waals surface area contributed by atoms with Crippen molar-refractivity contribution in [3.63, 3.8) is 0 Å². The first kappa shape index (κ1) is 16.1. The molecule has 0 saturated heterocycles. The van der Waals surface area contributed by atoms with Crippen molar-refractivity contribution in [3.8, 4) is 11.1 Å². The molecule has 0 amide bonds. The number of aliphatic hydroxyl groups excluding tert-OH is 1. The highest BCUT2D eigenvalue weighted by Gasteiger charge is 2.20. The van der Waals surface area contributed by atoms with E-state index in [1.165, 1.54) is 0 Å². The third kappa shape index (κ3) is 3.08. The van der Waals surface area contributed by atoms with Crippen molar-refractivity contribution in [1.82, 2.24) is 29.5 Å². The van der Waals surface area contributed by atoms with Crippen molar-refractivity contribution >= 4 is 22.6 Å². The average molecular weight is 361 g/mol. The van der Waals surface area contributed by atoms with Crippen LogP contribution in [0.4, 0.5) is 5.95 Å². The van der Waals surface area contributed by atoms with Crippen LogP contribution in [0.3, 0.4) is 0 Å². The molecule has 4 heterocycles. The molecule has 0 aromatic carbocycles. The van der Waals surface area contributed by atoms with Crippen molar-refractivity contribution in [2.75, 3.05) is 5.32 Å². The van der Waals surface area contributed by atoms with Gasteiger partial charge >= 0.3 is 0 Å². The van der Waals surface area contributed by atoms with Crippen molar-refractivity contribution < 1.29 is 5.11 Å². The van der Waals surface area contributed by atoms with E-state index in [-0.39, 0.29) is 6.10 Å². The number of aliphatic hydroxyl groups is 1. The molecule has 1 aliphatic carbocycles. The fraction of sp³-hybridized carbons (Fsp3) is 0.316. The van der Waals surface area contributed by atoms with Crippen LogP contribution in [0.25, 0.3) is 27.8 Å². The fourth-order valence-corrected chi connectivity index (χ4v) is 3.62. The molecule has 1 fully saturated rings. The Bertz CT molecular complexity index is 1100. The molecule has 0 atom stereocenters. The predicted molar refractivity (Wildman–Crippen MR) is 101 cm³/mol. The zero-order valence-corrected chi connectivity index (χ0v) is 14.7. The van der Waals surface area contributed by atoms with E-state index in [1.807, 2.05) is 29.0 Å². The van der Waals surface area contributed by atoms with Crippen molar-refractivity contribution in [2.24, 2.45) is 0 Å². The summed E-state index contributed by atoms with van der Waals surface area (Å²) in [6.45, 7) is 0. The maximum atomic E-state index is 9.63. The Kier molecular flexibility index (Phi) is 3.90. The van der Waals surface area contributed by atoms with Gasteiger partial charge in [-0.1, -0.05) is 0 Å². The Balaban J connectivity index is 1.44. The second-order valence-electron chi connectivity index (χ2n) is 6.91. The summed E-state index contributed by atoms with van der Waals surface area (Å²) in [7, 11) is 0. The molecule has 0 aliphatic heterocycles. The van der Waals surface area contributed by atoms with Gasteiger partial charge in [0.15, 0.2) is 5.65 Å². The van der Waals surface area contributed by atoms with E-state index in [2.05, 4.69) is 30.4 Å². The van der Waals surface area contributed by atoms with Gasteiger partial charge in [-0.25, -0.2) is 19.5 Å². The molecular weight excluding hydrogens is 342 g/mol. The van der Waals surface area contributed by atoms with Crippen LogP contribution in [-0.2, 0) is 0 Å². The van der Waals surface area contributed by atoms with Crippen LogP contribution in [0.5, 0.6) is 0 Å². The lowest BCUT2D eigenvalue weighted by atomic mass is 9.93. The summed E-state index contributed by atoms with van der Waals surface area (Å²) in [6.07, 6.45) is 12.2. The molecule has 4 aromatic heterocycles. The van der Waals surface area contributed by atoms with Gasteiger partial charge in [-0.15, -0.1) is 5.10 Å². The Labute approximate surface area is 155 Å². The zero-order valence-electron chi connectivity index (χ0n) is 14.7. The number of nitrogens with one attached hydrogen (secondary N) is 1. The van der Waals surface area contributed by atoms with E-state index >= 15 is 0 Å². The molecule has 8 heteroatoms. The van der Waals surface area contributed by atoms with Gasteiger partial charge in [0, 0.05) is 42.0 Å². The zero-order chi connectivity index (χ0) is 18.2. The smallest absolute Gasteiger partial charge is 0.241 e. The Hall–Kier alpha value is -3.13. The minimum Gasteiger partial charge on any atom is -0.393 e. The van der Waals surface area contributed by atoms with Gasteiger partial charge in [0.05, 0.1) is 17.8 Å². The first-order valence-electron chi connectivity index (χ1n) is 9.12. The van der Waals surface area contributed by atoms with Crippen molar-refractivity contribution in [2.45, 2.75) is 37.8 Å². The number of aromatic nitrogens is 6. The molecule has 1 aliphatic rings. The van der Waals surface area contributed by atoms with Gasteiger partial charge in [-0.05, 0) is 37.8 Å². The van der Waals surface area contributed by atoms with E-state index in [0.29, 0.717) is 17.6 Å². The summed E-state index contributed by atoms with van der Waals surface area (Å²) >= 11 is 0. The highest BCUT2D eigenvalue weighted by atomic mass is 16.3. The number of hydrogen-bond acceptors (Lipinski definition) is 7. The summed E-state index contributed by atoms with van der Waals surface area (Å²) in [4.78, 5) is 17.4. The lowest BCUT2D eigenvalue weighted by Gasteiger charge is -2.26. The second-order valence-corrected chi connectivity index (χ2v) is 6.91. The molecule has 2 N–H and O–H groups in total. The maximum Gasteiger partial charge on any atom is 0.241 e. The summed E-state index contributed by atoms with van der Waals surface area (Å²) in [5, 5.41) is 17.6. The standard InChI is InChI=1S/C19H19N7O/c27-14-3-1-13(2-4-14)24-19-23-11-17-15(5-8-26(17)25-19)12-9-16-18(22-10-12)21-7-6-20-16/h5-11,13-14,27H,1-4H2,(H,24,25)/t13-,14+. The molecule has 27 heavy (non-hydrogen) atoms. The highest BCUT2D eigenvalue weighted by molar-refractivity contribution is 5.84. The number of nitrogens with zero attached hydrogens (tertiary/aromatic N) is 6. The number of hydrogen-bond donors (Lipinski definition) is 2. The van der Waals surface area contributed by atoms with Gasteiger partial charge in [-0.3, -0.25) is 4.98 Å². The number of pyridine rings is 1. The minimum absolute atomic E-state index is 0.168. The van der Waals surface area contributed by atoms with Crippen LogP contribution in [-0.4, -0.2) is 46.8 Å². The topological polar surface area (TPSA) is 101 Å². The Morgan fingerprint density at radius 3 is 2.74 bits per heavy atom. The number of fused-ring (bicyclic) bond motifs is 2. The Morgan fingerprint density at radius 2 is 1.85 bits per heavy atom. The molecule has 5 rings (SSSR count). The molecule has 0 unspecified atom stereocenters. The summed E-state index contributed by atoms with van der Waals surface area (Å²) in [6, 6.07) is 4.29. The van der Waals surface area contributed by atoms with E-state index in [0.717, 1.165) is 47.8 Å². The minimum atomic E-state index is -0.168. The second kappa shape index (κ2) is 6.55. The number of anilines is 1. The van der Waals surface area contributed by atoms with Crippen molar-refractivity contribution in [3.05, 3.63) is 43.1 Å². The van der Waals surface area contributed by atoms with Crippen LogP contribution in [0.15, 0.2) is 43.1 Å². The number of rotatable bonds is 3. The SMILES string of the molecule is O[C@H]1CC[C@@H](Nc2ncc3c(-c4cnc5nccnc5c4)ccn3n2)CC1. The van der Waals surface area contributed by atoms with E-state index in [9.17, 15) is 5.11 Å². The van der Waals surface area contributed by atoms with Crippen LogP contribution in [0, 0.1) is 0 Å². The van der Waals surface area contributed by atoms with Gasteiger partial charge in [0.25, 0.3) is 0 Å². The monoisotopic (exact) mass is 361 g/mol. The summed E-state index contributed by atoms with van der Waals surface area (Å²) in [5.41, 5.74) is 4.25. The summed E-state index contributed by atoms with van der Waals surface area (Å²) < 4.78 is 1.82. The predicted octanol–water partition coefficient (Wildman–Crippen LogP) is 2.45. The molecular formula is C19H19N7O. The van der Waals surface area contributed by atoms with E-state index in [1.54, 1.807) is 18.6 Å². The summed E-state index contributed by atoms with van der Waals surface area (Å²) in [5.74, 6) is 0.605. The normalized spacial score (nSPS) is 20.2. The van der Waals surface area contributed by atoms with Gasteiger partial charge in [0.2, 0.25) is 5.95 Å². The molecule has 0 radical (unpaired) electrons. The highest BCUT2D eigenvalue weighted by Crippen LogP contribution is 2.27. The van der Waals surface area contributed by atoms with E-state index in [4.69, 9.17) is 0 Å². The van der Waals surface area contributed by atoms with Crippen LogP contribution < -0.4 is 5.32 Å². The maximum absolute atomic E-state index is 9.63. The lowest BCUT2D eigenvalue weighted by molar-refractivity contribution is 0.126. The quantitative estimate of drug-likeness (QED) is 0.578. The third-order valence-electron chi connectivity index (χ3n) is 5.08. The molecule has 0 spiro atoms. The molecule has 0 bridgehead atoms. The third-order valence-corrected chi connectivity index (χ3v) is 5.08. The molecule has 1 saturated carbocycles. The average Bonchev–Trinajstić information content (AvgIpc) is 3.12. The Morgan fingerprint density at radius 1 is 1.00 bits per heavy atom. The van der Waals surface area contributed by atoms with Crippen LogP contribution in [0.2, 0.25) is 0 Å². The molecule has 4 aromatic rings. The first-order chi connectivity index (χ1) is 13.3. The van der Waals surface area contributed by atoms with Gasteiger partial charge in [0.1, 0.15) is 5.52 Å². The van der Waals surface area contributed by atoms with E-state index < -0.39 is 0 Å². The van der Waals surface area contributed by atoms with Crippen LogP contribution >= 0.6 is 0 Å².